The number of hydrogen-bond donors (Lipinski definition) is 1. The Balaban J connectivity index is 2.30. The van der Waals surface area contributed by atoms with Gasteiger partial charge in [-0.1, -0.05) is 32.8 Å². The number of halogens is 2. The van der Waals surface area contributed by atoms with Gasteiger partial charge in [0.05, 0.1) is 6.20 Å². The highest BCUT2D eigenvalue weighted by Gasteiger charge is 2.25. The summed E-state index contributed by atoms with van der Waals surface area (Å²) in [4.78, 5) is 23.8. The molecular weight excluding hydrogens is 346 g/mol. The van der Waals surface area contributed by atoms with E-state index in [2.05, 4.69) is 5.10 Å². The first-order valence-corrected chi connectivity index (χ1v) is 8.30. The first-order chi connectivity index (χ1) is 12.4. The predicted molar refractivity (Wildman–Crippen MR) is 90.3 cm³/mol. The normalized spacial score (nSPS) is 12.2. The molecule has 1 atom stereocenters. The molecule has 0 amide bonds. The third kappa shape index (κ3) is 4.44. The van der Waals surface area contributed by atoms with Gasteiger partial charge < -0.3 is 9.84 Å². The molecule has 6 nitrogen and oxygen atoms in total. The summed E-state index contributed by atoms with van der Waals surface area (Å²) in [6.07, 6.45) is 2.89. The fraction of sp³-hybridized carbons (Fsp3) is 0.389. The number of carboxylic acids is 1. The van der Waals surface area contributed by atoms with Crippen LogP contribution < -0.4 is 10.3 Å². The number of ether oxygens (including phenoxy) is 1. The molecule has 0 fully saturated rings. The lowest BCUT2D eigenvalue weighted by Crippen LogP contribution is -2.32. The van der Waals surface area contributed by atoms with E-state index in [0.29, 0.717) is 0 Å². The maximum atomic E-state index is 13.6. The van der Waals surface area contributed by atoms with Gasteiger partial charge in [0.1, 0.15) is 0 Å². The molecule has 140 valence electrons. The quantitative estimate of drug-likeness (QED) is 0.769. The van der Waals surface area contributed by atoms with E-state index in [1.807, 2.05) is 13.8 Å². The molecule has 0 radical (unpaired) electrons. The van der Waals surface area contributed by atoms with Crippen LogP contribution in [0.3, 0.4) is 0 Å². The van der Waals surface area contributed by atoms with Crippen molar-refractivity contribution in [2.75, 3.05) is 0 Å². The van der Waals surface area contributed by atoms with E-state index in [4.69, 9.17) is 4.74 Å². The summed E-state index contributed by atoms with van der Waals surface area (Å²) < 4.78 is 33.2. The first-order valence-electron chi connectivity index (χ1n) is 8.30. The second-order valence-electron chi connectivity index (χ2n) is 5.90. The van der Waals surface area contributed by atoms with E-state index in [-0.39, 0.29) is 18.1 Å². The van der Waals surface area contributed by atoms with Crippen molar-refractivity contribution in [3.63, 3.8) is 0 Å². The van der Waals surface area contributed by atoms with E-state index >= 15 is 0 Å². The Morgan fingerprint density at radius 3 is 2.38 bits per heavy atom. The molecule has 1 aromatic carbocycles. The van der Waals surface area contributed by atoms with Crippen LogP contribution in [0.1, 0.15) is 39.2 Å². The van der Waals surface area contributed by atoms with E-state index < -0.39 is 35.0 Å². The van der Waals surface area contributed by atoms with Crippen molar-refractivity contribution in [2.45, 2.75) is 39.2 Å². The van der Waals surface area contributed by atoms with Gasteiger partial charge in [0.15, 0.2) is 29.2 Å². The van der Waals surface area contributed by atoms with Crippen LogP contribution in [0.5, 0.6) is 11.5 Å². The molecule has 0 saturated heterocycles. The average molecular weight is 366 g/mol. The molecule has 2 rings (SSSR count). The van der Waals surface area contributed by atoms with Crippen LogP contribution in [0, 0.1) is 17.6 Å². The summed E-state index contributed by atoms with van der Waals surface area (Å²) in [6.45, 7) is 3.90. The van der Waals surface area contributed by atoms with Crippen molar-refractivity contribution in [1.82, 2.24) is 9.78 Å². The van der Waals surface area contributed by atoms with Gasteiger partial charge in [0.2, 0.25) is 0 Å². The Morgan fingerprint density at radius 1 is 1.27 bits per heavy atom. The number of carbonyl (C=O) groups is 1. The van der Waals surface area contributed by atoms with Crippen molar-refractivity contribution >= 4 is 5.97 Å². The highest BCUT2D eigenvalue weighted by Crippen LogP contribution is 2.27. The van der Waals surface area contributed by atoms with Crippen molar-refractivity contribution in [2.24, 2.45) is 5.92 Å². The van der Waals surface area contributed by atoms with Gasteiger partial charge in [-0.3, -0.25) is 4.79 Å². The molecule has 0 aliphatic heterocycles. The maximum absolute atomic E-state index is 13.6. The predicted octanol–water partition coefficient (Wildman–Crippen LogP) is 3.77. The van der Waals surface area contributed by atoms with E-state index in [9.17, 15) is 23.5 Å². The number of nitrogens with zero attached hydrogens (tertiary/aromatic N) is 2. The summed E-state index contributed by atoms with van der Waals surface area (Å²) in [7, 11) is 0. The number of aliphatic carboxylic acids is 1. The van der Waals surface area contributed by atoms with Gasteiger partial charge in [-0.05, 0) is 24.5 Å². The van der Waals surface area contributed by atoms with E-state index in [1.54, 1.807) is 0 Å². The molecule has 2 aromatic rings. The fourth-order valence-electron chi connectivity index (χ4n) is 2.63. The third-order valence-corrected chi connectivity index (χ3v) is 4.23. The standard InChI is InChI=1S/C18H20F2N2O4/c1-3-11(4-2)8-15(18(24)25)22-16(23)9-12(10-21-22)26-17-13(19)6-5-7-14(17)20/h5-7,9-11,15H,3-4,8H2,1-2H3,(H,24,25). The molecule has 1 unspecified atom stereocenters. The Morgan fingerprint density at radius 2 is 1.88 bits per heavy atom. The van der Waals surface area contributed by atoms with Crippen molar-refractivity contribution in [3.8, 4) is 11.5 Å². The lowest BCUT2D eigenvalue weighted by Gasteiger charge is -2.19. The van der Waals surface area contributed by atoms with Gasteiger partial charge in [-0.15, -0.1) is 0 Å². The van der Waals surface area contributed by atoms with Crippen LogP contribution in [0.2, 0.25) is 0 Å². The van der Waals surface area contributed by atoms with Crippen LogP contribution >= 0.6 is 0 Å². The summed E-state index contributed by atoms with van der Waals surface area (Å²) >= 11 is 0. The number of hydrogen-bond acceptors (Lipinski definition) is 4. The molecular formula is C18H20F2N2O4. The molecule has 0 spiro atoms. The molecule has 1 N–H and O–H groups in total. The highest BCUT2D eigenvalue weighted by atomic mass is 19.1. The number of aromatic nitrogens is 2. The minimum Gasteiger partial charge on any atom is -0.480 e. The number of carboxylic acid groups (broad SMARTS) is 1. The van der Waals surface area contributed by atoms with Crippen molar-refractivity contribution in [1.29, 1.82) is 0 Å². The fourth-order valence-corrected chi connectivity index (χ4v) is 2.63. The number of benzene rings is 1. The van der Waals surface area contributed by atoms with Gasteiger partial charge in [0, 0.05) is 6.07 Å². The minimum atomic E-state index is -1.17. The van der Waals surface area contributed by atoms with Gasteiger partial charge in [0.25, 0.3) is 5.56 Å². The van der Waals surface area contributed by atoms with E-state index in [1.165, 1.54) is 6.07 Å². The molecule has 1 aromatic heterocycles. The minimum absolute atomic E-state index is 0.133. The van der Waals surface area contributed by atoms with Gasteiger partial charge in [-0.2, -0.15) is 5.10 Å². The maximum Gasteiger partial charge on any atom is 0.328 e. The summed E-state index contributed by atoms with van der Waals surface area (Å²) in [5, 5.41) is 13.3. The summed E-state index contributed by atoms with van der Waals surface area (Å²) in [6, 6.07) is 3.06. The van der Waals surface area contributed by atoms with Crippen LogP contribution in [0.15, 0.2) is 35.3 Å². The van der Waals surface area contributed by atoms with Crippen molar-refractivity contribution in [3.05, 3.63) is 52.5 Å². The zero-order valence-corrected chi connectivity index (χ0v) is 14.5. The van der Waals surface area contributed by atoms with Crippen LogP contribution in [0.25, 0.3) is 0 Å². The molecule has 1 heterocycles. The smallest absolute Gasteiger partial charge is 0.328 e. The molecule has 8 heteroatoms. The Bertz CT molecular complexity index is 814. The lowest BCUT2D eigenvalue weighted by molar-refractivity contribution is -0.142. The van der Waals surface area contributed by atoms with Crippen LogP contribution in [-0.2, 0) is 4.79 Å². The number of para-hydroxylation sites is 1. The molecule has 0 bridgehead atoms. The van der Waals surface area contributed by atoms with Crippen molar-refractivity contribution < 1.29 is 23.4 Å². The van der Waals surface area contributed by atoms with Crippen LogP contribution in [0.4, 0.5) is 8.78 Å². The van der Waals surface area contributed by atoms with Crippen LogP contribution in [-0.4, -0.2) is 20.9 Å². The number of rotatable bonds is 8. The Kier molecular flexibility index (Phi) is 6.43. The Labute approximate surface area is 149 Å². The molecule has 26 heavy (non-hydrogen) atoms. The lowest BCUT2D eigenvalue weighted by atomic mass is 9.95. The summed E-state index contributed by atoms with van der Waals surface area (Å²) in [5.74, 6) is -3.72. The second-order valence-corrected chi connectivity index (χ2v) is 5.90. The second kappa shape index (κ2) is 8.55. The monoisotopic (exact) mass is 366 g/mol. The van der Waals surface area contributed by atoms with Gasteiger partial charge in [-0.25, -0.2) is 18.3 Å². The zero-order valence-electron chi connectivity index (χ0n) is 14.5. The largest absolute Gasteiger partial charge is 0.480 e. The highest BCUT2D eigenvalue weighted by molar-refractivity contribution is 5.71. The Hall–Kier alpha value is -2.77. The molecule has 0 aliphatic rings. The topological polar surface area (TPSA) is 81.4 Å². The summed E-state index contributed by atoms with van der Waals surface area (Å²) in [5.41, 5.74) is -0.724. The van der Waals surface area contributed by atoms with E-state index in [0.717, 1.165) is 41.9 Å². The zero-order chi connectivity index (χ0) is 19.3. The SMILES string of the molecule is CCC(CC)CC(C(=O)O)n1ncc(Oc2c(F)cccc2F)cc1=O. The molecule has 0 saturated carbocycles. The molecule has 0 aliphatic carbocycles. The average Bonchev–Trinajstić information content (AvgIpc) is 2.60. The van der Waals surface area contributed by atoms with Gasteiger partial charge >= 0.3 is 5.97 Å². The third-order valence-electron chi connectivity index (χ3n) is 4.23. The first kappa shape index (κ1) is 19.6.